The minimum absolute atomic E-state index is 0.718. The van der Waals surface area contributed by atoms with Crippen LogP contribution in [0.3, 0.4) is 0 Å². The molecule has 0 N–H and O–H groups in total. The number of nitrogens with zero attached hydrogens (tertiary/aromatic N) is 1. The molecule has 2 aromatic rings. The molecule has 0 bridgehead atoms. The molecule has 78 valence electrons. The van der Waals surface area contributed by atoms with E-state index in [4.69, 9.17) is 11.2 Å². The zero-order valence-electron chi connectivity index (χ0n) is 8.97. The molecule has 0 aliphatic heterocycles. The summed E-state index contributed by atoms with van der Waals surface area (Å²) in [6.45, 7) is 1.96. The first-order valence-electron chi connectivity index (χ1n) is 4.95. The van der Waals surface area contributed by atoms with Gasteiger partial charge in [-0.1, -0.05) is 18.6 Å². The first-order valence-corrected chi connectivity index (χ1v) is 4.95. The molecule has 0 aliphatic carbocycles. The van der Waals surface area contributed by atoms with Crippen LogP contribution in [0.25, 0.3) is 11.1 Å². The maximum atomic E-state index is 5.10. The van der Waals surface area contributed by atoms with Crippen LogP contribution in [0.15, 0.2) is 42.7 Å². The predicted octanol–water partition coefficient (Wildman–Crippen LogP) is 3.03. The lowest BCUT2D eigenvalue weighted by molar-refractivity contribution is 0.516. The van der Waals surface area contributed by atoms with E-state index in [2.05, 4.69) is 11.1 Å². The molecule has 0 radical (unpaired) electrons. The van der Waals surface area contributed by atoms with Crippen molar-refractivity contribution in [2.45, 2.75) is 6.92 Å². The monoisotopic (exact) mass is 209 g/mol. The molecular weight excluding hydrogens is 198 g/mol. The highest BCUT2D eigenvalue weighted by Crippen LogP contribution is 2.25. The summed E-state index contributed by atoms with van der Waals surface area (Å²) in [6.07, 6.45) is 10.9. The van der Waals surface area contributed by atoms with Gasteiger partial charge in [-0.2, -0.15) is 0 Å². The summed E-state index contributed by atoms with van der Waals surface area (Å²) in [4.78, 5) is 4.09. The Morgan fingerprint density at radius 1 is 1.25 bits per heavy atom. The van der Waals surface area contributed by atoms with Crippen molar-refractivity contribution in [1.82, 2.24) is 4.98 Å². The fourth-order valence-electron chi connectivity index (χ4n) is 1.54. The number of benzene rings is 1. The number of pyridine rings is 1. The third kappa shape index (κ3) is 2.04. The SMILES string of the molecule is C#COc1ccc(-c2cccnc2)cc1C. The van der Waals surface area contributed by atoms with Gasteiger partial charge in [0.2, 0.25) is 0 Å². The average molecular weight is 209 g/mol. The van der Waals surface area contributed by atoms with Gasteiger partial charge in [-0.05, 0) is 36.2 Å². The fraction of sp³-hybridized carbons (Fsp3) is 0.0714. The van der Waals surface area contributed by atoms with E-state index < -0.39 is 0 Å². The highest BCUT2D eigenvalue weighted by Gasteiger charge is 2.02. The number of hydrogen-bond acceptors (Lipinski definition) is 2. The van der Waals surface area contributed by atoms with Crippen molar-refractivity contribution in [2.75, 3.05) is 0 Å². The molecule has 0 saturated carbocycles. The van der Waals surface area contributed by atoms with E-state index in [1.807, 2.05) is 43.5 Å². The van der Waals surface area contributed by atoms with Gasteiger partial charge in [-0.25, -0.2) is 0 Å². The Balaban J connectivity index is 2.39. The fourth-order valence-corrected chi connectivity index (χ4v) is 1.54. The molecule has 16 heavy (non-hydrogen) atoms. The van der Waals surface area contributed by atoms with Crippen molar-refractivity contribution < 1.29 is 4.74 Å². The maximum absolute atomic E-state index is 5.10. The van der Waals surface area contributed by atoms with Crippen LogP contribution in [0.2, 0.25) is 0 Å². The third-order valence-electron chi connectivity index (χ3n) is 2.34. The van der Waals surface area contributed by atoms with E-state index in [9.17, 15) is 0 Å². The molecule has 1 aromatic heterocycles. The van der Waals surface area contributed by atoms with Crippen LogP contribution in [0.5, 0.6) is 5.75 Å². The van der Waals surface area contributed by atoms with E-state index in [1.165, 1.54) is 0 Å². The molecule has 0 fully saturated rings. The summed E-state index contributed by atoms with van der Waals surface area (Å²) in [5.41, 5.74) is 3.20. The van der Waals surface area contributed by atoms with Gasteiger partial charge in [0.25, 0.3) is 0 Å². The quantitative estimate of drug-likeness (QED) is 0.709. The Hall–Kier alpha value is -2.27. The lowest BCUT2D eigenvalue weighted by atomic mass is 10.0. The summed E-state index contributed by atoms with van der Waals surface area (Å²) in [7, 11) is 0. The molecule has 2 rings (SSSR count). The van der Waals surface area contributed by atoms with Crippen molar-refractivity contribution >= 4 is 0 Å². The first-order chi connectivity index (χ1) is 7.81. The molecule has 0 aliphatic rings. The summed E-state index contributed by atoms with van der Waals surface area (Å²) in [5, 5.41) is 0. The minimum atomic E-state index is 0.718. The van der Waals surface area contributed by atoms with Crippen LogP contribution in [0.1, 0.15) is 5.56 Å². The van der Waals surface area contributed by atoms with Crippen molar-refractivity contribution in [3.63, 3.8) is 0 Å². The van der Waals surface area contributed by atoms with E-state index in [1.54, 1.807) is 6.20 Å². The molecule has 0 spiro atoms. The molecule has 0 saturated heterocycles. The number of ether oxygens (including phenoxy) is 1. The largest absolute Gasteiger partial charge is 0.408 e. The Morgan fingerprint density at radius 2 is 2.12 bits per heavy atom. The van der Waals surface area contributed by atoms with Gasteiger partial charge in [0, 0.05) is 18.0 Å². The standard InChI is InChI=1S/C14H11NO/c1-3-16-14-7-6-12(9-11(14)2)13-5-4-8-15-10-13/h1,4-10H,2H3. The number of hydrogen-bond donors (Lipinski definition) is 0. The highest BCUT2D eigenvalue weighted by molar-refractivity contribution is 5.64. The first kappa shape index (κ1) is 10.3. The summed E-state index contributed by atoms with van der Waals surface area (Å²) < 4.78 is 5.04. The lowest BCUT2D eigenvalue weighted by Gasteiger charge is -2.05. The number of aryl methyl sites for hydroxylation is 1. The van der Waals surface area contributed by atoms with Crippen LogP contribution in [-0.2, 0) is 0 Å². The van der Waals surface area contributed by atoms with Crippen LogP contribution in [0.4, 0.5) is 0 Å². The Morgan fingerprint density at radius 3 is 2.75 bits per heavy atom. The lowest BCUT2D eigenvalue weighted by Crippen LogP contribution is -1.87. The average Bonchev–Trinajstić information content (AvgIpc) is 2.33. The molecular formula is C14H11NO. The predicted molar refractivity (Wildman–Crippen MR) is 63.9 cm³/mol. The van der Waals surface area contributed by atoms with Crippen LogP contribution < -0.4 is 4.74 Å². The van der Waals surface area contributed by atoms with Gasteiger partial charge in [-0.15, -0.1) is 0 Å². The number of terminal acetylenes is 1. The van der Waals surface area contributed by atoms with Gasteiger partial charge in [0.1, 0.15) is 11.9 Å². The van der Waals surface area contributed by atoms with Gasteiger partial charge in [0.15, 0.2) is 0 Å². The van der Waals surface area contributed by atoms with Gasteiger partial charge >= 0.3 is 0 Å². The maximum Gasteiger partial charge on any atom is 0.143 e. The molecule has 2 heteroatoms. The van der Waals surface area contributed by atoms with Crippen LogP contribution in [-0.4, -0.2) is 4.98 Å². The molecule has 0 atom stereocenters. The van der Waals surface area contributed by atoms with Gasteiger partial charge in [-0.3, -0.25) is 4.98 Å². The summed E-state index contributed by atoms with van der Waals surface area (Å²) >= 11 is 0. The number of aromatic nitrogens is 1. The summed E-state index contributed by atoms with van der Waals surface area (Å²) in [5.74, 6) is 0.718. The van der Waals surface area contributed by atoms with E-state index in [0.29, 0.717) is 0 Å². The normalized spacial score (nSPS) is 9.50. The van der Waals surface area contributed by atoms with Crippen LogP contribution >= 0.6 is 0 Å². The van der Waals surface area contributed by atoms with E-state index in [0.717, 1.165) is 22.4 Å². The topological polar surface area (TPSA) is 22.1 Å². The van der Waals surface area contributed by atoms with Gasteiger partial charge < -0.3 is 4.74 Å². The zero-order valence-corrected chi connectivity index (χ0v) is 8.97. The highest BCUT2D eigenvalue weighted by atomic mass is 16.5. The van der Waals surface area contributed by atoms with E-state index >= 15 is 0 Å². The molecule has 0 amide bonds. The second kappa shape index (κ2) is 4.50. The van der Waals surface area contributed by atoms with E-state index in [-0.39, 0.29) is 0 Å². The zero-order chi connectivity index (χ0) is 11.4. The second-order valence-corrected chi connectivity index (χ2v) is 3.44. The summed E-state index contributed by atoms with van der Waals surface area (Å²) in [6, 6.07) is 9.80. The number of rotatable bonds is 2. The molecule has 2 nitrogen and oxygen atoms in total. The van der Waals surface area contributed by atoms with Crippen molar-refractivity contribution in [1.29, 1.82) is 0 Å². The third-order valence-corrected chi connectivity index (χ3v) is 2.34. The Bertz CT molecular complexity index is 526. The van der Waals surface area contributed by atoms with Gasteiger partial charge in [0.05, 0.1) is 0 Å². The van der Waals surface area contributed by atoms with Crippen LogP contribution in [0, 0.1) is 19.5 Å². The molecule has 1 heterocycles. The van der Waals surface area contributed by atoms with Crippen molar-refractivity contribution in [3.8, 4) is 29.4 Å². The van der Waals surface area contributed by atoms with Crippen molar-refractivity contribution in [3.05, 3.63) is 48.3 Å². The second-order valence-electron chi connectivity index (χ2n) is 3.44. The Kier molecular flexibility index (Phi) is 2.88. The Labute approximate surface area is 94.9 Å². The van der Waals surface area contributed by atoms with Crippen molar-refractivity contribution in [2.24, 2.45) is 0 Å². The minimum Gasteiger partial charge on any atom is -0.408 e. The smallest absolute Gasteiger partial charge is 0.143 e. The molecule has 0 unspecified atom stereocenters. The molecule has 1 aromatic carbocycles.